The molecule has 3 rings (SSSR count). The molecule has 0 N–H and O–H groups in total. The number of hydrogen-bond donors (Lipinski definition) is 0. The van der Waals surface area contributed by atoms with Crippen LogP contribution < -0.4 is 4.74 Å². The third-order valence-corrected chi connectivity index (χ3v) is 4.04. The highest BCUT2D eigenvalue weighted by molar-refractivity contribution is 5.96. The first-order valence-corrected chi connectivity index (χ1v) is 8.43. The minimum absolute atomic E-state index is 0.283. The number of ether oxygens (including phenoxy) is 2. The van der Waals surface area contributed by atoms with E-state index in [1.807, 2.05) is 55.5 Å². The van der Waals surface area contributed by atoms with Crippen molar-refractivity contribution in [3.8, 4) is 28.8 Å². The van der Waals surface area contributed by atoms with E-state index in [4.69, 9.17) is 14.7 Å². The molecule has 0 unspecified atom stereocenters. The molecule has 6 nitrogen and oxygen atoms in total. The summed E-state index contributed by atoms with van der Waals surface area (Å²) in [6.45, 7) is 3.52. The van der Waals surface area contributed by atoms with Gasteiger partial charge in [-0.25, -0.2) is 9.48 Å². The fourth-order valence-corrected chi connectivity index (χ4v) is 2.59. The Bertz CT molecular complexity index is 1000. The maximum absolute atomic E-state index is 12.6. The number of aryl methyl sites for hydroxylation is 1. The Morgan fingerprint density at radius 2 is 1.96 bits per heavy atom. The normalized spacial score (nSPS) is 11.5. The molecule has 3 aromatic rings. The summed E-state index contributed by atoms with van der Waals surface area (Å²) in [4.78, 5) is 12.6. The highest BCUT2D eigenvalue weighted by Gasteiger charge is 2.22. The van der Waals surface area contributed by atoms with E-state index >= 15 is 0 Å². The lowest BCUT2D eigenvalue weighted by Gasteiger charge is -2.06. The van der Waals surface area contributed by atoms with Crippen LogP contribution in [-0.2, 0) is 4.74 Å². The first kappa shape index (κ1) is 18.2. The Labute approximate surface area is 157 Å². The van der Waals surface area contributed by atoms with Gasteiger partial charge in [0.1, 0.15) is 23.1 Å². The Hall–Kier alpha value is -3.59. The molecule has 1 atom stereocenters. The van der Waals surface area contributed by atoms with E-state index in [1.54, 1.807) is 24.1 Å². The first-order valence-electron chi connectivity index (χ1n) is 8.43. The van der Waals surface area contributed by atoms with Crippen molar-refractivity contribution in [2.75, 3.05) is 7.11 Å². The number of carbonyl (C=O) groups excluding carboxylic acids is 1. The summed E-state index contributed by atoms with van der Waals surface area (Å²) in [5, 5.41) is 13.5. The molecular weight excluding hydrogens is 342 g/mol. The molecule has 0 fully saturated rings. The zero-order valence-electron chi connectivity index (χ0n) is 15.3. The van der Waals surface area contributed by atoms with Crippen molar-refractivity contribution >= 4 is 5.97 Å². The molecule has 0 aliphatic rings. The van der Waals surface area contributed by atoms with Crippen LogP contribution in [0.2, 0.25) is 0 Å². The number of nitriles is 1. The van der Waals surface area contributed by atoms with E-state index in [0.29, 0.717) is 11.4 Å². The molecule has 0 aliphatic heterocycles. The van der Waals surface area contributed by atoms with E-state index in [2.05, 4.69) is 5.10 Å². The third kappa shape index (κ3) is 3.98. The first-order chi connectivity index (χ1) is 13.0. The molecule has 2 aromatic carbocycles. The molecule has 0 radical (unpaired) electrons. The number of methoxy groups -OCH3 is 1. The molecule has 1 heterocycles. The van der Waals surface area contributed by atoms with Gasteiger partial charge in [0.25, 0.3) is 0 Å². The van der Waals surface area contributed by atoms with Gasteiger partial charge in [0, 0.05) is 11.8 Å². The summed E-state index contributed by atoms with van der Waals surface area (Å²) < 4.78 is 12.1. The second-order valence-electron chi connectivity index (χ2n) is 6.08. The number of rotatable bonds is 5. The van der Waals surface area contributed by atoms with Crippen LogP contribution in [0.15, 0.2) is 54.7 Å². The predicted octanol–water partition coefficient (Wildman–Crippen LogP) is 3.93. The monoisotopic (exact) mass is 361 g/mol. The summed E-state index contributed by atoms with van der Waals surface area (Å²) in [7, 11) is 1.58. The van der Waals surface area contributed by atoms with Crippen molar-refractivity contribution in [3.63, 3.8) is 0 Å². The van der Waals surface area contributed by atoms with Gasteiger partial charge < -0.3 is 9.47 Å². The van der Waals surface area contributed by atoms with E-state index in [-0.39, 0.29) is 5.56 Å². The summed E-state index contributed by atoms with van der Waals surface area (Å²) >= 11 is 0. The van der Waals surface area contributed by atoms with Crippen molar-refractivity contribution < 1.29 is 14.3 Å². The zero-order valence-corrected chi connectivity index (χ0v) is 15.3. The van der Waals surface area contributed by atoms with Crippen LogP contribution in [0.25, 0.3) is 16.9 Å². The molecule has 0 bridgehead atoms. The second kappa shape index (κ2) is 7.75. The van der Waals surface area contributed by atoms with Crippen LogP contribution in [0.4, 0.5) is 0 Å². The number of aromatic nitrogens is 2. The van der Waals surface area contributed by atoms with Crippen LogP contribution in [-0.4, -0.2) is 29.0 Å². The lowest BCUT2D eigenvalue weighted by atomic mass is 10.1. The van der Waals surface area contributed by atoms with Crippen molar-refractivity contribution in [2.24, 2.45) is 0 Å². The molecular formula is C21H19N3O3. The maximum atomic E-state index is 12.6. The Balaban J connectivity index is 2.10. The largest absolute Gasteiger partial charge is 0.497 e. The lowest BCUT2D eigenvalue weighted by Crippen LogP contribution is -2.13. The number of nitrogens with zero attached hydrogens (tertiary/aromatic N) is 3. The van der Waals surface area contributed by atoms with Crippen LogP contribution in [0, 0.1) is 18.3 Å². The Kier molecular flexibility index (Phi) is 5.23. The molecule has 0 saturated carbocycles. The van der Waals surface area contributed by atoms with Crippen molar-refractivity contribution in [3.05, 3.63) is 65.9 Å². The summed E-state index contributed by atoms with van der Waals surface area (Å²) in [6, 6.07) is 17.0. The van der Waals surface area contributed by atoms with Gasteiger partial charge in [-0.2, -0.15) is 10.4 Å². The summed E-state index contributed by atoms with van der Waals surface area (Å²) in [5.41, 5.74) is 3.41. The molecule has 27 heavy (non-hydrogen) atoms. The molecule has 0 amide bonds. The topological polar surface area (TPSA) is 77.1 Å². The van der Waals surface area contributed by atoms with Gasteiger partial charge in [-0.05, 0) is 38.1 Å². The minimum Gasteiger partial charge on any atom is -0.497 e. The van der Waals surface area contributed by atoms with Crippen molar-refractivity contribution in [1.29, 1.82) is 5.26 Å². The zero-order chi connectivity index (χ0) is 19.4. The van der Waals surface area contributed by atoms with Gasteiger partial charge in [-0.15, -0.1) is 0 Å². The van der Waals surface area contributed by atoms with Crippen LogP contribution >= 0.6 is 0 Å². The average molecular weight is 361 g/mol. The molecule has 1 aromatic heterocycles. The molecule has 136 valence electrons. The predicted molar refractivity (Wildman–Crippen MR) is 101 cm³/mol. The number of benzene rings is 2. The quantitative estimate of drug-likeness (QED) is 0.644. The molecule has 6 heteroatoms. The van der Waals surface area contributed by atoms with Crippen LogP contribution in [0.1, 0.15) is 22.8 Å². The maximum Gasteiger partial charge on any atom is 0.343 e. The molecule has 0 spiro atoms. The van der Waals surface area contributed by atoms with E-state index in [0.717, 1.165) is 16.8 Å². The fourth-order valence-electron chi connectivity index (χ4n) is 2.59. The number of esters is 1. The highest BCUT2D eigenvalue weighted by atomic mass is 16.5. The fraction of sp³-hybridized carbons (Fsp3) is 0.190. The lowest BCUT2D eigenvalue weighted by molar-refractivity contribution is 0.0436. The van der Waals surface area contributed by atoms with Gasteiger partial charge in [0.2, 0.25) is 0 Å². The third-order valence-electron chi connectivity index (χ3n) is 4.04. The summed E-state index contributed by atoms with van der Waals surface area (Å²) in [6.07, 6.45) is 0.768. The van der Waals surface area contributed by atoms with E-state index in [9.17, 15) is 4.79 Å². The van der Waals surface area contributed by atoms with Crippen molar-refractivity contribution in [2.45, 2.75) is 20.0 Å². The molecule has 0 saturated heterocycles. The van der Waals surface area contributed by atoms with Gasteiger partial charge in [-0.3, -0.25) is 0 Å². The number of hydrogen-bond acceptors (Lipinski definition) is 5. The van der Waals surface area contributed by atoms with E-state index < -0.39 is 12.1 Å². The van der Waals surface area contributed by atoms with E-state index in [1.165, 1.54) is 6.92 Å². The average Bonchev–Trinajstić information content (AvgIpc) is 3.14. The van der Waals surface area contributed by atoms with Crippen LogP contribution in [0.3, 0.4) is 0 Å². The van der Waals surface area contributed by atoms with Gasteiger partial charge in [-0.1, -0.05) is 29.8 Å². The highest BCUT2D eigenvalue weighted by Crippen LogP contribution is 2.27. The second-order valence-corrected chi connectivity index (χ2v) is 6.08. The van der Waals surface area contributed by atoms with Gasteiger partial charge >= 0.3 is 5.97 Å². The number of carbonyl (C=O) groups is 1. The smallest absolute Gasteiger partial charge is 0.343 e. The van der Waals surface area contributed by atoms with Crippen molar-refractivity contribution in [1.82, 2.24) is 9.78 Å². The van der Waals surface area contributed by atoms with Gasteiger partial charge in [0.15, 0.2) is 6.10 Å². The molecule has 0 aliphatic carbocycles. The standard InChI is InChI=1S/C21H19N3O3/c1-14-7-9-17(10-8-14)24-13-19(21(25)27-15(2)12-22)20(23-24)16-5-4-6-18(11-16)26-3/h4-11,13,15H,1-3H3/t15-/m0/s1. The van der Waals surface area contributed by atoms with Gasteiger partial charge in [0.05, 0.1) is 12.8 Å². The Morgan fingerprint density at radius 3 is 2.63 bits per heavy atom. The van der Waals surface area contributed by atoms with Crippen LogP contribution in [0.5, 0.6) is 5.75 Å². The minimum atomic E-state index is -0.849. The SMILES string of the molecule is COc1cccc(-c2nn(-c3ccc(C)cc3)cc2C(=O)O[C@@H](C)C#N)c1. The summed E-state index contributed by atoms with van der Waals surface area (Å²) in [5.74, 6) is 0.0577. The Morgan fingerprint density at radius 1 is 1.22 bits per heavy atom.